The molecular formula is C14H21N3O2S2. The molecule has 0 amide bonds. The number of aromatic nitrogens is 1. The molecule has 7 heteroatoms. The molecule has 116 valence electrons. The molecule has 1 heterocycles. The quantitative estimate of drug-likeness (QED) is 0.855. The fourth-order valence-electron chi connectivity index (χ4n) is 2.87. The molecule has 0 saturated heterocycles. The van der Waals surface area contributed by atoms with Crippen LogP contribution < -0.4 is 5.73 Å². The van der Waals surface area contributed by atoms with Gasteiger partial charge in [-0.2, -0.15) is 4.31 Å². The molecule has 5 nitrogen and oxygen atoms in total. The maximum atomic E-state index is 12.8. The fraction of sp³-hybridized carbons (Fsp3) is 0.571. The summed E-state index contributed by atoms with van der Waals surface area (Å²) in [7, 11) is -2.00. The van der Waals surface area contributed by atoms with Crippen molar-refractivity contribution < 1.29 is 8.42 Å². The van der Waals surface area contributed by atoms with Gasteiger partial charge < -0.3 is 5.73 Å². The average molecular weight is 327 g/mol. The topological polar surface area (TPSA) is 76.3 Å². The Morgan fingerprint density at radius 2 is 2.19 bits per heavy atom. The van der Waals surface area contributed by atoms with E-state index in [9.17, 15) is 8.42 Å². The van der Waals surface area contributed by atoms with E-state index in [2.05, 4.69) is 11.9 Å². The van der Waals surface area contributed by atoms with Gasteiger partial charge in [-0.25, -0.2) is 8.42 Å². The summed E-state index contributed by atoms with van der Waals surface area (Å²) in [6.07, 6.45) is 5.49. The Labute approximate surface area is 131 Å². The van der Waals surface area contributed by atoms with Gasteiger partial charge >= 0.3 is 0 Å². The summed E-state index contributed by atoms with van der Waals surface area (Å²) in [5.41, 5.74) is 5.77. The minimum absolute atomic E-state index is 0.000382. The Kier molecular flexibility index (Phi) is 4.95. The number of pyridine rings is 1. The van der Waals surface area contributed by atoms with Crippen molar-refractivity contribution in [2.45, 2.75) is 43.5 Å². The number of nitrogens with zero attached hydrogens (tertiary/aromatic N) is 2. The third-order valence-corrected chi connectivity index (χ3v) is 6.22. The molecule has 0 aromatic carbocycles. The Morgan fingerprint density at radius 1 is 1.48 bits per heavy atom. The van der Waals surface area contributed by atoms with Gasteiger partial charge in [-0.05, 0) is 30.9 Å². The minimum atomic E-state index is -3.63. The van der Waals surface area contributed by atoms with Crippen LogP contribution in [0.15, 0.2) is 23.2 Å². The maximum absolute atomic E-state index is 12.8. The van der Waals surface area contributed by atoms with Crippen molar-refractivity contribution in [1.82, 2.24) is 9.29 Å². The van der Waals surface area contributed by atoms with Crippen molar-refractivity contribution in [2.75, 3.05) is 7.05 Å². The summed E-state index contributed by atoms with van der Waals surface area (Å²) in [5, 5.41) is 0. The Balaban J connectivity index is 2.35. The molecule has 1 aromatic heterocycles. The number of hydrogen-bond donors (Lipinski definition) is 1. The summed E-state index contributed by atoms with van der Waals surface area (Å²) in [4.78, 5) is 4.11. The first-order valence-corrected chi connectivity index (χ1v) is 8.91. The Hall–Kier alpha value is -1.05. The largest absolute Gasteiger partial charge is 0.388 e. The molecule has 1 aliphatic rings. The van der Waals surface area contributed by atoms with E-state index in [-0.39, 0.29) is 21.6 Å². The second-order valence-corrected chi connectivity index (χ2v) is 8.07. The first-order valence-electron chi connectivity index (χ1n) is 7.07. The van der Waals surface area contributed by atoms with Crippen LogP contribution in [0.1, 0.15) is 38.3 Å². The third kappa shape index (κ3) is 3.41. The zero-order valence-corrected chi connectivity index (χ0v) is 14.0. The van der Waals surface area contributed by atoms with Crippen LogP contribution >= 0.6 is 12.2 Å². The highest BCUT2D eigenvalue weighted by molar-refractivity contribution is 7.89. The van der Waals surface area contributed by atoms with Crippen molar-refractivity contribution in [3.05, 3.63) is 24.0 Å². The number of hydrogen-bond acceptors (Lipinski definition) is 4. The maximum Gasteiger partial charge on any atom is 0.245 e. The van der Waals surface area contributed by atoms with Gasteiger partial charge in [0.05, 0.1) is 0 Å². The van der Waals surface area contributed by atoms with Crippen LogP contribution in [0.4, 0.5) is 0 Å². The van der Waals surface area contributed by atoms with E-state index >= 15 is 0 Å². The molecule has 0 spiro atoms. The number of sulfonamides is 1. The highest BCUT2D eigenvalue weighted by Crippen LogP contribution is 2.30. The lowest BCUT2D eigenvalue weighted by Crippen LogP contribution is -2.40. The van der Waals surface area contributed by atoms with Crippen LogP contribution in [0, 0.1) is 5.92 Å². The predicted molar refractivity (Wildman–Crippen MR) is 86.5 cm³/mol. The van der Waals surface area contributed by atoms with Gasteiger partial charge in [0.1, 0.15) is 15.6 Å². The lowest BCUT2D eigenvalue weighted by molar-refractivity contribution is 0.239. The molecular weight excluding hydrogens is 306 g/mol. The van der Waals surface area contributed by atoms with E-state index in [4.69, 9.17) is 18.0 Å². The molecule has 0 aliphatic heterocycles. The Bertz CT molecular complexity index is 631. The summed E-state index contributed by atoms with van der Waals surface area (Å²) < 4.78 is 27.1. The van der Waals surface area contributed by atoms with E-state index in [0.29, 0.717) is 5.92 Å². The van der Waals surface area contributed by atoms with E-state index in [1.165, 1.54) is 16.6 Å². The van der Waals surface area contributed by atoms with Gasteiger partial charge in [0, 0.05) is 19.3 Å². The molecule has 0 radical (unpaired) electrons. The number of thiocarbonyl (C=S) groups is 1. The fourth-order valence-corrected chi connectivity index (χ4v) is 4.65. The van der Waals surface area contributed by atoms with Crippen molar-refractivity contribution >= 4 is 27.2 Å². The number of nitrogens with two attached hydrogens (primary N) is 1. The molecule has 1 aromatic rings. The highest BCUT2D eigenvalue weighted by atomic mass is 32.2. The first-order chi connectivity index (χ1) is 9.84. The van der Waals surface area contributed by atoms with E-state index < -0.39 is 10.0 Å². The number of rotatable bonds is 4. The first kappa shape index (κ1) is 16.3. The molecule has 2 rings (SSSR count). The van der Waals surface area contributed by atoms with Crippen LogP contribution in [-0.2, 0) is 10.0 Å². The molecule has 2 N–H and O–H groups in total. The van der Waals surface area contributed by atoms with E-state index in [1.54, 1.807) is 13.1 Å². The lowest BCUT2D eigenvalue weighted by atomic mass is 9.87. The Morgan fingerprint density at radius 3 is 2.81 bits per heavy atom. The van der Waals surface area contributed by atoms with Gasteiger partial charge in [0.15, 0.2) is 0 Å². The summed E-state index contributed by atoms with van der Waals surface area (Å²) in [6, 6.07) is 3.13. The van der Waals surface area contributed by atoms with Gasteiger partial charge in [-0.1, -0.05) is 32.0 Å². The molecule has 21 heavy (non-hydrogen) atoms. The molecule has 2 unspecified atom stereocenters. The molecule has 1 fully saturated rings. The van der Waals surface area contributed by atoms with Gasteiger partial charge in [-0.15, -0.1) is 0 Å². The summed E-state index contributed by atoms with van der Waals surface area (Å²) in [5.74, 6) is 0.547. The molecule has 0 bridgehead atoms. The third-order valence-electron chi connectivity index (χ3n) is 4.08. The van der Waals surface area contributed by atoms with E-state index in [1.807, 2.05) is 0 Å². The minimum Gasteiger partial charge on any atom is -0.388 e. The standard InChI is InChI=1S/C14H21N3O2S2/c1-10-5-3-6-11(9-10)17(2)21(18,19)12-7-4-8-16-13(12)14(15)20/h4,7-8,10-11H,3,5-6,9H2,1-2H3,(H2,15,20). The van der Waals surface area contributed by atoms with Crippen molar-refractivity contribution in [3.63, 3.8) is 0 Å². The monoisotopic (exact) mass is 327 g/mol. The van der Waals surface area contributed by atoms with Crippen LogP contribution in [0.5, 0.6) is 0 Å². The smallest absolute Gasteiger partial charge is 0.245 e. The predicted octanol–water partition coefficient (Wildman–Crippen LogP) is 1.92. The second-order valence-electron chi connectivity index (χ2n) is 5.66. The van der Waals surface area contributed by atoms with Gasteiger partial charge in [-0.3, -0.25) is 4.98 Å². The van der Waals surface area contributed by atoms with Crippen molar-refractivity contribution in [1.29, 1.82) is 0 Å². The van der Waals surface area contributed by atoms with Crippen LogP contribution in [0.2, 0.25) is 0 Å². The van der Waals surface area contributed by atoms with Crippen molar-refractivity contribution in [3.8, 4) is 0 Å². The second kappa shape index (κ2) is 6.37. The van der Waals surface area contributed by atoms with Gasteiger partial charge in [0.25, 0.3) is 0 Å². The summed E-state index contributed by atoms with van der Waals surface area (Å²) >= 11 is 4.91. The van der Waals surface area contributed by atoms with Crippen molar-refractivity contribution in [2.24, 2.45) is 11.7 Å². The van der Waals surface area contributed by atoms with Crippen LogP contribution in [-0.4, -0.2) is 35.8 Å². The average Bonchev–Trinajstić information content (AvgIpc) is 2.46. The molecule has 1 aliphatic carbocycles. The molecule has 2 atom stereocenters. The van der Waals surface area contributed by atoms with Crippen LogP contribution in [0.3, 0.4) is 0 Å². The van der Waals surface area contributed by atoms with E-state index in [0.717, 1.165) is 25.7 Å². The lowest BCUT2D eigenvalue weighted by Gasteiger charge is -2.33. The molecule has 1 saturated carbocycles. The highest BCUT2D eigenvalue weighted by Gasteiger charge is 2.33. The van der Waals surface area contributed by atoms with Crippen LogP contribution in [0.25, 0.3) is 0 Å². The SMILES string of the molecule is CC1CCCC(N(C)S(=O)(=O)c2cccnc2C(N)=S)C1. The van der Waals surface area contributed by atoms with Gasteiger partial charge in [0.2, 0.25) is 10.0 Å². The zero-order chi connectivity index (χ0) is 15.6. The summed E-state index contributed by atoms with van der Waals surface area (Å²) in [6.45, 7) is 2.16. The zero-order valence-electron chi connectivity index (χ0n) is 12.3. The normalized spacial score (nSPS) is 23.2.